The number of halogens is 1. The summed E-state index contributed by atoms with van der Waals surface area (Å²) in [7, 11) is 0. The van der Waals surface area contributed by atoms with Crippen LogP contribution in [0.2, 0.25) is 0 Å². The van der Waals surface area contributed by atoms with Crippen molar-refractivity contribution < 1.29 is 18.7 Å². The molecule has 3 aromatic rings. The molecule has 0 spiro atoms. The Kier molecular flexibility index (Phi) is 6.39. The van der Waals surface area contributed by atoms with Crippen molar-refractivity contribution >= 4 is 17.8 Å². The van der Waals surface area contributed by atoms with Gasteiger partial charge in [-0.15, -0.1) is 0 Å². The Balaban J connectivity index is 1.61. The van der Waals surface area contributed by atoms with Crippen LogP contribution >= 0.6 is 0 Å². The summed E-state index contributed by atoms with van der Waals surface area (Å²) in [4.78, 5) is 24.4. The molecule has 2 aromatic carbocycles. The molecule has 0 N–H and O–H groups in total. The number of ether oxygens (including phenoxy) is 1. The predicted molar refractivity (Wildman–Crippen MR) is 110 cm³/mol. The van der Waals surface area contributed by atoms with Crippen molar-refractivity contribution in [2.75, 3.05) is 6.61 Å². The largest absolute Gasteiger partial charge is 0.454 e. The molecule has 0 bridgehead atoms. The van der Waals surface area contributed by atoms with Gasteiger partial charge < -0.3 is 9.30 Å². The maximum Gasteiger partial charge on any atom is 0.331 e. The molecule has 1 aromatic heterocycles. The first-order valence-electron chi connectivity index (χ1n) is 9.28. The minimum atomic E-state index is -0.624. The molecule has 0 fully saturated rings. The van der Waals surface area contributed by atoms with E-state index < -0.39 is 5.97 Å². The summed E-state index contributed by atoms with van der Waals surface area (Å²) >= 11 is 0. The number of Topliss-reactive ketones (excluding diaryl/α,β-unsaturated/α-hetero) is 1. The van der Waals surface area contributed by atoms with E-state index in [1.165, 1.54) is 24.3 Å². The van der Waals surface area contributed by atoms with Gasteiger partial charge in [0.05, 0.1) is 0 Å². The maximum absolute atomic E-state index is 12.9. The highest BCUT2D eigenvalue weighted by atomic mass is 19.1. The Morgan fingerprint density at radius 2 is 1.72 bits per heavy atom. The van der Waals surface area contributed by atoms with Gasteiger partial charge in [0.2, 0.25) is 5.78 Å². The van der Waals surface area contributed by atoms with E-state index in [-0.39, 0.29) is 18.2 Å². The fourth-order valence-electron chi connectivity index (χ4n) is 3.09. The summed E-state index contributed by atoms with van der Waals surface area (Å²) in [5.74, 6) is -1.22. The number of aryl methyl sites for hydroxylation is 1. The number of benzene rings is 2. The number of aromatic nitrogens is 1. The number of ketones is 1. The predicted octanol–water partition coefficient (Wildman–Crippen LogP) is 4.73. The normalized spacial score (nSPS) is 11.0. The molecule has 0 saturated heterocycles. The van der Waals surface area contributed by atoms with Crippen molar-refractivity contribution in [3.8, 4) is 0 Å². The van der Waals surface area contributed by atoms with Crippen LogP contribution in [0.4, 0.5) is 4.39 Å². The zero-order valence-corrected chi connectivity index (χ0v) is 16.4. The van der Waals surface area contributed by atoms with Crippen LogP contribution in [0.25, 0.3) is 6.08 Å². The molecule has 0 atom stereocenters. The Labute approximate surface area is 169 Å². The highest BCUT2D eigenvalue weighted by Gasteiger charge is 2.17. The van der Waals surface area contributed by atoms with Crippen LogP contribution in [-0.2, 0) is 16.1 Å². The molecule has 0 amide bonds. The average Bonchev–Trinajstić information content (AvgIpc) is 3.00. The van der Waals surface area contributed by atoms with Crippen molar-refractivity contribution in [3.05, 3.63) is 101 Å². The van der Waals surface area contributed by atoms with Crippen LogP contribution in [0.3, 0.4) is 0 Å². The average molecular weight is 391 g/mol. The lowest BCUT2D eigenvalue weighted by Crippen LogP contribution is -2.13. The number of hydrogen-bond donors (Lipinski definition) is 0. The molecule has 4 nitrogen and oxygen atoms in total. The van der Waals surface area contributed by atoms with Crippen LogP contribution in [0.1, 0.15) is 32.9 Å². The van der Waals surface area contributed by atoms with Gasteiger partial charge in [0.1, 0.15) is 5.82 Å². The zero-order valence-electron chi connectivity index (χ0n) is 16.4. The Hall–Kier alpha value is -3.47. The van der Waals surface area contributed by atoms with E-state index in [4.69, 9.17) is 4.74 Å². The van der Waals surface area contributed by atoms with E-state index in [9.17, 15) is 14.0 Å². The third-order valence-corrected chi connectivity index (χ3v) is 4.68. The monoisotopic (exact) mass is 391 g/mol. The number of nitrogens with zero attached hydrogens (tertiary/aromatic N) is 1. The molecule has 0 saturated carbocycles. The van der Waals surface area contributed by atoms with Gasteiger partial charge in [0.15, 0.2) is 6.61 Å². The smallest absolute Gasteiger partial charge is 0.331 e. The van der Waals surface area contributed by atoms with Gasteiger partial charge in [0.25, 0.3) is 0 Å². The topological polar surface area (TPSA) is 48.3 Å². The third-order valence-electron chi connectivity index (χ3n) is 4.68. The van der Waals surface area contributed by atoms with Gasteiger partial charge in [-0.05, 0) is 49.2 Å². The highest BCUT2D eigenvalue weighted by molar-refractivity contribution is 6.00. The first-order chi connectivity index (χ1) is 13.9. The van der Waals surface area contributed by atoms with Crippen LogP contribution in [0.5, 0.6) is 0 Å². The van der Waals surface area contributed by atoms with E-state index >= 15 is 0 Å². The molecule has 5 heteroatoms. The van der Waals surface area contributed by atoms with Crippen molar-refractivity contribution in [2.45, 2.75) is 20.4 Å². The molecule has 0 aliphatic carbocycles. The van der Waals surface area contributed by atoms with Gasteiger partial charge in [-0.2, -0.15) is 0 Å². The minimum Gasteiger partial charge on any atom is -0.454 e. The van der Waals surface area contributed by atoms with Crippen LogP contribution in [0.15, 0.2) is 66.7 Å². The standard InChI is InChI=1S/C24H22FNO3/c1-17-14-22(18(2)26(17)15-20-6-4-3-5-7-20)23(27)16-29-24(28)13-10-19-8-11-21(25)12-9-19/h3-14H,15-16H2,1-2H3/b13-10+. The fraction of sp³-hybridized carbons (Fsp3) is 0.167. The lowest BCUT2D eigenvalue weighted by Gasteiger charge is -2.10. The van der Waals surface area contributed by atoms with Gasteiger partial charge in [-0.25, -0.2) is 9.18 Å². The van der Waals surface area contributed by atoms with Gasteiger partial charge in [-0.1, -0.05) is 42.5 Å². The molecular weight excluding hydrogens is 369 g/mol. The highest BCUT2D eigenvalue weighted by Crippen LogP contribution is 2.18. The lowest BCUT2D eigenvalue weighted by atomic mass is 10.1. The van der Waals surface area contributed by atoms with E-state index in [2.05, 4.69) is 4.57 Å². The van der Waals surface area contributed by atoms with Gasteiger partial charge in [0, 0.05) is 29.6 Å². The second-order valence-electron chi connectivity index (χ2n) is 6.77. The van der Waals surface area contributed by atoms with Crippen molar-refractivity contribution in [2.24, 2.45) is 0 Å². The van der Waals surface area contributed by atoms with E-state index in [0.29, 0.717) is 17.7 Å². The van der Waals surface area contributed by atoms with E-state index in [1.807, 2.05) is 50.2 Å². The summed E-state index contributed by atoms with van der Waals surface area (Å²) in [6, 6.07) is 17.5. The molecule has 3 rings (SSSR count). The number of carbonyl (C=O) groups is 2. The summed E-state index contributed by atoms with van der Waals surface area (Å²) in [5.41, 5.74) is 4.17. The summed E-state index contributed by atoms with van der Waals surface area (Å²) in [5, 5.41) is 0. The van der Waals surface area contributed by atoms with Gasteiger partial charge in [-0.3, -0.25) is 4.79 Å². The molecular formula is C24H22FNO3. The van der Waals surface area contributed by atoms with Crippen LogP contribution < -0.4 is 0 Å². The Bertz CT molecular complexity index is 1030. The number of hydrogen-bond acceptors (Lipinski definition) is 3. The third kappa shape index (κ3) is 5.29. The minimum absolute atomic E-state index is 0.249. The molecule has 1 heterocycles. The van der Waals surface area contributed by atoms with Gasteiger partial charge >= 0.3 is 5.97 Å². The maximum atomic E-state index is 12.9. The SMILES string of the molecule is Cc1cc(C(=O)COC(=O)/C=C/c2ccc(F)cc2)c(C)n1Cc1ccccc1. The number of rotatable bonds is 7. The number of carbonyl (C=O) groups excluding carboxylic acids is 2. The second-order valence-corrected chi connectivity index (χ2v) is 6.77. The van der Waals surface area contributed by atoms with Crippen LogP contribution in [-0.4, -0.2) is 22.9 Å². The molecule has 0 aliphatic heterocycles. The van der Waals surface area contributed by atoms with Crippen LogP contribution in [0, 0.1) is 19.7 Å². The molecule has 0 radical (unpaired) electrons. The second kappa shape index (κ2) is 9.15. The van der Waals surface area contributed by atoms with Crippen molar-refractivity contribution in [1.82, 2.24) is 4.57 Å². The summed E-state index contributed by atoms with van der Waals surface area (Å²) in [6.07, 6.45) is 2.73. The molecule has 0 aliphatic rings. The number of esters is 1. The first-order valence-corrected chi connectivity index (χ1v) is 9.28. The zero-order chi connectivity index (χ0) is 20.8. The van der Waals surface area contributed by atoms with Crippen molar-refractivity contribution in [1.29, 1.82) is 0 Å². The summed E-state index contributed by atoms with van der Waals surface area (Å²) in [6.45, 7) is 4.18. The Morgan fingerprint density at radius 3 is 2.41 bits per heavy atom. The lowest BCUT2D eigenvalue weighted by molar-refractivity contribution is -0.136. The Morgan fingerprint density at radius 1 is 1.03 bits per heavy atom. The molecule has 148 valence electrons. The van der Waals surface area contributed by atoms with E-state index in [1.54, 1.807) is 12.1 Å². The van der Waals surface area contributed by atoms with E-state index in [0.717, 1.165) is 17.0 Å². The molecule has 0 unspecified atom stereocenters. The fourth-order valence-corrected chi connectivity index (χ4v) is 3.09. The van der Waals surface area contributed by atoms with Crippen molar-refractivity contribution in [3.63, 3.8) is 0 Å². The summed E-state index contributed by atoms with van der Waals surface area (Å²) < 4.78 is 20.0. The molecule has 29 heavy (non-hydrogen) atoms. The quantitative estimate of drug-likeness (QED) is 0.332. The first kappa shape index (κ1) is 20.3.